The molecule has 0 unspecified atom stereocenters. The summed E-state index contributed by atoms with van der Waals surface area (Å²) >= 11 is 0. The molecule has 0 atom stereocenters. The van der Waals surface area contributed by atoms with Crippen LogP contribution in [0.4, 0.5) is 0 Å². The molecule has 0 spiro atoms. The van der Waals surface area contributed by atoms with E-state index in [4.69, 9.17) is 9.47 Å². The summed E-state index contributed by atoms with van der Waals surface area (Å²) in [7, 11) is 0. The smallest absolute Gasteiger partial charge is 0.335 e. The fourth-order valence-corrected chi connectivity index (χ4v) is 4.87. The molecule has 0 radical (unpaired) electrons. The van der Waals surface area contributed by atoms with Crippen molar-refractivity contribution in [3.05, 3.63) is 58.0 Å². The number of fused-ring (bicyclic) bond motifs is 1. The van der Waals surface area contributed by atoms with Gasteiger partial charge in [-0.15, -0.1) is 0 Å². The van der Waals surface area contributed by atoms with E-state index < -0.39 is 5.97 Å². The van der Waals surface area contributed by atoms with Gasteiger partial charge in [0.1, 0.15) is 0 Å². The fourth-order valence-electron chi connectivity index (χ4n) is 4.87. The summed E-state index contributed by atoms with van der Waals surface area (Å²) < 4.78 is 13.8. The molecule has 188 valence electrons. The first-order chi connectivity index (χ1) is 16.9. The number of imidazole rings is 1. The van der Waals surface area contributed by atoms with Gasteiger partial charge < -0.3 is 19.6 Å². The Bertz CT molecular complexity index is 1220. The molecule has 2 heterocycles. The molecule has 4 rings (SSSR count). The number of ether oxygens (including phenoxy) is 2. The number of carboxylic acids is 1. The van der Waals surface area contributed by atoms with Gasteiger partial charge >= 0.3 is 11.7 Å². The van der Waals surface area contributed by atoms with Gasteiger partial charge in [0.2, 0.25) is 0 Å². The standard InChI is InChI=1S/C27H35N3O5/c1-4-21(5-2)35-24-10-7-18(15-25(24)34-6-3)17-29-13-11-20(12-14-29)30-23-9-8-19(26(31)32)16-22(23)28-27(30)33/h7-10,15-16,20-21H,4-6,11-14,17H2,1-3H3,(H,28,33)(H,31,32). The lowest BCUT2D eigenvalue weighted by Gasteiger charge is -2.32. The third-order valence-corrected chi connectivity index (χ3v) is 6.80. The largest absolute Gasteiger partial charge is 0.490 e. The van der Waals surface area contributed by atoms with E-state index in [1.165, 1.54) is 11.6 Å². The second-order valence-electron chi connectivity index (χ2n) is 9.12. The first-order valence-electron chi connectivity index (χ1n) is 12.6. The zero-order valence-electron chi connectivity index (χ0n) is 20.8. The molecule has 8 nitrogen and oxygen atoms in total. The summed E-state index contributed by atoms with van der Waals surface area (Å²) in [5.41, 5.74) is 2.48. The van der Waals surface area contributed by atoms with Crippen LogP contribution in [0.2, 0.25) is 0 Å². The molecule has 0 amide bonds. The van der Waals surface area contributed by atoms with Crippen LogP contribution in [0.1, 0.15) is 68.4 Å². The number of aromatic carboxylic acids is 1. The highest BCUT2D eigenvalue weighted by molar-refractivity contribution is 5.92. The van der Waals surface area contributed by atoms with Crippen molar-refractivity contribution in [2.45, 2.75) is 65.1 Å². The van der Waals surface area contributed by atoms with E-state index in [-0.39, 0.29) is 23.4 Å². The van der Waals surface area contributed by atoms with Crippen LogP contribution in [0.3, 0.4) is 0 Å². The topological polar surface area (TPSA) is 96.8 Å². The molecule has 0 aliphatic carbocycles. The monoisotopic (exact) mass is 481 g/mol. The van der Waals surface area contributed by atoms with E-state index in [0.29, 0.717) is 12.1 Å². The Balaban J connectivity index is 1.43. The molecule has 35 heavy (non-hydrogen) atoms. The van der Waals surface area contributed by atoms with E-state index >= 15 is 0 Å². The number of hydrogen-bond acceptors (Lipinski definition) is 5. The highest BCUT2D eigenvalue weighted by Crippen LogP contribution is 2.32. The predicted octanol–water partition coefficient (Wildman–Crippen LogP) is 4.83. The van der Waals surface area contributed by atoms with Crippen molar-refractivity contribution < 1.29 is 19.4 Å². The SMILES string of the molecule is CCOc1cc(CN2CCC(n3c(=O)[nH]c4cc(C(=O)O)ccc43)CC2)ccc1OC(CC)CC. The number of nitrogens with one attached hydrogen (secondary N) is 1. The first-order valence-corrected chi connectivity index (χ1v) is 12.6. The lowest BCUT2D eigenvalue weighted by Crippen LogP contribution is -2.36. The number of H-pyrrole nitrogens is 1. The normalized spacial score (nSPS) is 15.1. The minimum Gasteiger partial charge on any atom is -0.490 e. The van der Waals surface area contributed by atoms with Gasteiger partial charge in [-0.25, -0.2) is 9.59 Å². The van der Waals surface area contributed by atoms with Crippen LogP contribution in [0.25, 0.3) is 11.0 Å². The van der Waals surface area contributed by atoms with Crippen LogP contribution in [0, 0.1) is 0 Å². The van der Waals surface area contributed by atoms with Crippen molar-refractivity contribution in [1.82, 2.24) is 14.5 Å². The molecular weight excluding hydrogens is 446 g/mol. The van der Waals surface area contributed by atoms with Crippen LogP contribution >= 0.6 is 0 Å². The zero-order chi connectivity index (χ0) is 24.9. The molecule has 3 aromatic rings. The number of rotatable bonds is 10. The quantitative estimate of drug-likeness (QED) is 0.431. The van der Waals surface area contributed by atoms with Crippen molar-refractivity contribution >= 4 is 17.0 Å². The van der Waals surface area contributed by atoms with Gasteiger partial charge in [0.25, 0.3) is 0 Å². The van der Waals surface area contributed by atoms with Gasteiger partial charge in [-0.1, -0.05) is 19.9 Å². The lowest BCUT2D eigenvalue weighted by molar-refractivity contribution is 0.0697. The maximum atomic E-state index is 12.7. The van der Waals surface area contributed by atoms with Crippen LogP contribution in [-0.2, 0) is 6.54 Å². The Morgan fingerprint density at radius 1 is 1.09 bits per heavy atom. The molecule has 1 aromatic heterocycles. The second kappa shape index (κ2) is 11.0. The summed E-state index contributed by atoms with van der Waals surface area (Å²) in [4.78, 5) is 29.1. The molecule has 2 N–H and O–H groups in total. The van der Waals surface area contributed by atoms with Crippen molar-refractivity contribution in [1.29, 1.82) is 0 Å². The van der Waals surface area contributed by atoms with Crippen LogP contribution in [0.5, 0.6) is 11.5 Å². The lowest BCUT2D eigenvalue weighted by atomic mass is 10.0. The van der Waals surface area contributed by atoms with Gasteiger partial charge in [0, 0.05) is 25.7 Å². The maximum absolute atomic E-state index is 12.7. The van der Waals surface area contributed by atoms with Gasteiger partial charge in [0.05, 0.1) is 29.3 Å². The number of likely N-dealkylation sites (tertiary alicyclic amines) is 1. The van der Waals surface area contributed by atoms with Crippen molar-refractivity contribution in [3.63, 3.8) is 0 Å². The van der Waals surface area contributed by atoms with E-state index in [1.54, 1.807) is 16.7 Å². The minimum atomic E-state index is -1.00. The van der Waals surface area contributed by atoms with E-state index in [0.717, 1.165) is 62.3 Å². The Morgan fingerprint density at radius 3 is 2.49 bits per heavy atom. The summed E-state index contributed by atoms with van der Waals surface area (Å²) in [6.07, 6.45) is 3.80. The highest BCUT2D eigenvalue weighted by Gasteiger charge is 2.24. The van der Waals surface area contributed by atoms with E-state index in [1.807, 2.05) is 13.0 Å². The summed E-state index contributed by atoms with van der Waals surface area (Å²) in [5.74, 6) is 0.585. The van der Waals surface area contributed by atoms with Crippen LogP contribution < -0.4 is 15.2 Å². The third kappa shape index (κ3) is 5.53. The number of aromatic nitrogens is 2. The second-order valence-corrected chi connectivity index (χ2v) is 9.12. The first kappa shape index (κ1) is 24.9. The highest BCUT2D eigenvalue weighted by atomic mass is 16.5. The minimum absolute atomic E-state index is 0.0814. The third-order valence-electron chi connectivity index (χ3n) is 6.80. The molecule has 0 saturated carbocycles. The van der Waals surface area contributed by atoms with E-state index in [2.05, 4.69) is 35.9 Å². The van der Waals surface area contributed by atoms with Crippen molar-refractivity contribution in [2.24, 2.45) is 0 Å². The summed E-state index contributed by atoms with van der Waals surface area (Å²) in [6, 6.07) is 11.1. The Morgan fingerprint density at radius 2 is 1.83 bits per heavy atom. The van der Waals surface area contributed by atoms with Gasteiger partial charge in [-0.3, -0.25) is 9.47 Å². The number of aromatic amines is 1. The summed E-state index contributed by atoms with van der Waals surface area (Å²) in [5, 5.41) is 9.22. The molecule has 1 fully saturated rings. The number of carboxylic acid groups (broad SMARTS) is 1. The zero-order valence-corrected chi connectivity index (χ0v) is 20.8. The van der Waals surface area contributed by atoms with Crippen molar-refractivity contribution in [2.75, 3.05) is 19.7 Å². The Hall–Kier alpha value is -3.26. The van der Waals surface area contributed by atoms with Gasteiger partial charge in [-0.05, 0) is 68.5 Å². The Labute approximate surface area is 205 Å². The average Bonchev–Trinajstić information content (AvgIpc) is 3.19. The summed E-state index contributed by atoms with van der Waals surface area (Å²) in [6.45, 7) is 9.37. The number of piperidine rings is 1. The molecule has 1 aliphatic heterocycles. The predicted molar refractivity (Wildman–Crippen MR) is 136 cm³/mol. The number of nitrogens with zero attached hydrogens (tertiary/aromatic N) is 2. The average molecular weight is 482 g/mol. The van der Waals surface area contributed by atoms with E-state index in [9.17, 15) is 14.7 Å². The maximum Gasteiger partial charge on any atom is 0.335 e. The number of benzene rings is 2. The van der Waals surface area contributed by atoms with Gasteiger partial charge in [-0.2, -0.15) is 0 Å². The van der Waals surface area contributed by atoms with Crippen LogP contribution in [0.15, 0.2) is 41.2 Å². The molecule has 8 heteroatoms. The molecule has 2 aromatic carbocycles. The Kier molecular flexibility index (Phi) is 7.80. The number of hydrogen-bond donors (Lipinski definition) is 2. The number of carbonyl (C=O) groups is 1. The van der Waals surface area contributed by atoms with Crippen LogP contribution in [-0.4, -0.2) is 51.3 Å². The van der Waals surface area contributed by atoms with Crippen molar-refractivity contribution in [3.8, 4) is 11.5 Å². The molecule has 1 aliphatic rings. The molecular formula is C27H35N3O5. The fraction of sp³-hybridized carbons (Fsp3) is 0.481. The molecule has 0 bridgehead atoms. The van der Waals surface area contributed by atoms with Gasteiger partial charge in [0.15, 0.2) is 11.5 Å². The molecule has 1 saturated heterocycles.